The monoisotopic (exact) mass is 404 g/mol. The normalized spacial score (nSPS) is 23.4. The predicted molar refractivity (Wildman–Crippen MR) is 93.3 cm³/mol. The molecule has 0 spiro atoms. The van der Waals surface area contributed by atoms with Gasteiger partial charge in [-0.25, -0.2) is 8.42 Å². The Hall–Kier alpha value is -1.61. The van der Waals surface area contributed by atoms with Crippen LogP contribution in [-0.2, 0) is 14.8 Å². The van der Waals surface area contributed by atoms with Crippen molar-refractivity contribution in [2.24, 2.45) is 11.8 Å². The van der Waals surface area contributed by atoms with Crippen molar-refractivity contribution in [1.82, 2.24) is 9.21 Å². The molecule has 0 radical (unpaired) electrons. The largest absolute Gasteiger partial charge is 0.393 e. The van der Waals surface area contributed by atoms with Gasteiger partial charge < -0.3 is 4.90 Å². The van der Waals surface area contributed by atoms with E-state index in [9.17, 15) is 26.4 Å². The van der Waals surface area contributed by atoms with Crippen molar-refractivity contribution in [2.45, 2.75) is 36.8 Å². The van der Waals surface area contributed by atoms with Crippen LogP contribution in [0.4, 0.5) is 13.2 Å². The maximum atomic E-state index is 13.0. The van der Waals surface area contributed by atoms with E-state index in [1.807, 2.05) is 0 Å². The first kappa shape index (κ1) is 20.1. The number of sulfonamides is 1. The van der Waals surface area contributed by atoms with Crippen molar-refractivity contribution in [1.29, 1.82) is 0 Å². The second kappa shape index (κ2) is 7.79. The van der Waals surface area contributed by atoms with Crippen LogP contribution in [-0.4, -0.2) is 55.9 Å². The summed E-state index contributed by atoms with van der Waals surface area (Å²) < 4.78 is 65.5. The standard InChI is InChI=1S/C18H23F3N2O3S/c19-18(20,21)15-5-4-10-22(13-15)17(24)14-8-11-23(12-9-14)27(25,26)16-6-2-1-3-7-16/h1-3,6-7,14-15H,4-5,8-13H2/t15-/m1/s1. The molecule has 0 N–H and O–H groups in total. The summed E-state index contributed by atoms with van der Waals surface area (Å²) in [4.78, 5) is 14.2. The lowest BCUT2D eigenvalue weighted by Gasteiger charge is -2.38. The lowest BCUT2D eigenvalue weighted by Crippen LogP contribution is -2.49. The SMILES string of the molecule is O=C(C1CCN(S(=O)(=O)c2ccccc2)CC1)N1CCC[C@@H](C(F)(F)F)C1. The van der Waals surface area contributed by atoms with Crippen LogP contribution in [0.15, 0.2) is 35.2 Å². The van der Waals surface area contributed by atoms with Gasteiger partial charge in [0.05, 0.1) is 10.8 Å². The van der Waals surface area contributed by atoms with E-state index in [-0.39, 0.29) is 36.9 Å². The molecular weight excluding hydrogens is 381 g/mol. The number of benzene rings is 1. The lowest BCUT2D eigenvalue weighted by molar-refractivity contribution is -0.188. The van der Waals surface area contributed by atoms with Gasteiger partial charge in [-0.05, 0) is 37.8 Å². The number of amides is 1. The molecular formula is C18H23F3N2O3S. The van der Waals surface area contributed by atoms with E-state index >= 15 is 0 Å². The molecule has 2 aliphatic heterocycles. The number of carbonyl (C=O) groups excluding carboxylic acids is 1. The molecule has 27 heavy (non-hydrogen) atoms. The Morgan fingerprint density at radius 2 is 1.63 bits per heavy atom. The van der Waals surface area contributed by atoms with Gasteiger partial charge in [0.15, 0.2) is 0 Å². The summed E-state index contributed by atoms with van der Waals surface area (Å²) >= 11 is 0. The maximum Gasteiger partial charge on any atom is 0.393 e. The Labute approximate surface area is 157 Å². The first-order chi connectivity index (χ1) is 12.7. The van der Waals surface area contributed by atoms with Crippen molar-refractivity contribution in [2.75, 3.05) is 26.2 Å². The van der Waals surface area contributed by atoms with Crippen molar-refractivity contribution in [3.8, 4) is 0 Å². The number of nitrogens with zero attached hydrogens (tertiary/aromatic N) is 2. The van der Waals surface area contributed by atoms with Crippen LogP contribution >= 0.6 is 0 Å². The Morgan fingerprint density at radius 3 is 2.22 bits per heavy atom. The van der Waals surface area contributed by atoms with Crippen molar-refractivity contribution >= 4 is 15.9 Å². The minimum Gasteiger partial charge on any atom is -0.342 e. The molecule has 1 amide bonds. The predicted octanol–water partition coefficient (Wildman–Crippen LogP) is 2.89. The topological polar surface area (TPSA) is 57.7 Å². The highest BCUT2D eigenvalue weighted by molar-refractivity contribution is 7.89. The molecule has 0 saturated carbocycles. The molecule has 1 aromatic carbocycles. The third-order valence-electron chi connectivity index (χ3n) is 5.38. The fourth-order valence-corrected chi connectivity index (χ4v) is 5.28. The highest BCUT2D eigenvalue weighted by atomic mass is 32.2. The van der Waals surface area contributed by atoms with Crippen molar-refractivity contribution in [3.63, 3.8) is 0 Å². The highest BCUT2D eigenvalue weighted by Gasteiger charge is 2.43. The van der Waals surface area contributed by atoms with Gasteiger partial charge in [-0.1, -0.05) is 18.2 Å². The van der Waals surface area contributed by atoms with Crippen LogP contribution in [0, 0.1) is 11.8 Å². The van der Waals surface area contributed by atoms with Crippen molar-refractivity contribution in [3.05, 3.63) is 30.3 Å². The molecule has 3 rings (SSSR count). The summed E-state index contributed by atoms with van der Waals surface area (Å²) in [5, 5.41) is 0. The molecule has 5 nitrogen and oxygen atoms in total. The summed E-state index contributed by atoms with van der Waals surface area (Å²) in [6.45, 7) is 0.452. The highest BCUT2D eigenvalue weighted by Crippen LogP contribution is 2.34. The number of alkyl halides is 3. The number of piperidine rings is 2. The maximum absolute atomic E-state index is 13.0. The summed E-state index contributed by atoms with van der Waals surface area (Å²) in [7, 11) is -3.60. The molecule has 2 aliphatic rings. The minimum absolute atomic E-state index is 0.0566. The van der Waals surface area contributed by atoms with Gasteiger partial charge in [-0.2, -0.15) is 17.5 Å². The summed E-state index contributed by atoms with van der Waals surface area (Å²) in [5.41, 5.74) is 0. The van der Waals surface area contributed by atoms with E-state index in [1.165, 1.54) is 21.3 Å². The third kappa shape index (κ3) is 4.45. The van der Waals surface area contributed by atoms with Gasteiger partial charge >= 0.3 is 6.18 Å². The zero-order valence-corrected chi connectivity index (χ0v) is 15.7. The van der Waals surface area contributed by atoms with E-state index < -0.39 is 28.0 Å². The molecule has 0 aliphatic carbocycles. The van der Waals surface area contributed by atoms with E-state index in [1.54, 1.807) is 18.2 Å². The molecule has 2 fully saturated rings. The van der Waals surface area contributed by atoms with Gasteiger partial charge in [0, 0.05) is 32.1 Å². The Morgan fingerprint density at radius 1 is 1.00 bits per heavy atom. The number of hydrogen-bond donors (Lipinski definition) is 0. The number of likely N-dealkylation sites (tertiary alicyclic amines) is 1. The number of carbonyl (C=O) groups is 1. The third-order valence-corrected chi connectivity index (χ3v) is 7.29. The van der Waals surface area contributed by atoms with Gasteiger partial charge in [-0.15, -0.1) is 0 Å². The zero-order chi connectivity index (χ0) is 19.7. The van der Waals surface area contributed by atoms with Gasteiger partial charge in [-0.3, -0.25) is 4.79 Å². The van der Waals surface area contributed by atoms with Gasteiger partial charge in [0.25, 0.3) is 0 Å². The second-order valence-electron chi connectivity index (χ2n) is 7.16. The van der Waals surface area contributed by atoms with Crippen LogP contribution in [0.25, 0.3) is 0 Å². The van der Waals surface area contributed by atoms with Crippen molar-refractivity contribution < 1.29 is 26.4 Å². The summed E-state index contributed by atoms with van der Waals surface area (Å²) in [6, 6.07) is 8.08. The average molecular weight is 404 g/mol. The quantitative estimate of drug-likeness (QED) is 0.779. The molecule has 2 saturated heterocycles. The van der Waals surface area contributed by atoms with Crippen LogP contribution in [0.1, 0.15) is 25.7 Å². The van der Waals surface area contributed by atoms with Gasteiger partial charge in [0.1, 0.15) is 0 Å². The first-order valence-corrected chi connectivity index (χ1v) is 10.5. The summed E-state index contributed by atoms with van der Waals surface area (Å²) in [5.74, 6) is -2.16. The van der Waals surface area contributed by atoms with Crippen LogP contribution in [0.3, 0.4) is 0 Å². The lowest BCUT2D eigenvalue weighted by atomic mass is 9.92. The zero-order valence-electron chi connectivity index (χ0n) is 14.9. The fraction of sp³-hybridized carbons (Fsp3) is 0.611. The van der Waals surface area contributed by atoms with E-state index in [4.69, 9.17) is 0 Å². The van der Waals surface area contributed by atoms with Crippen LogP contribution < -0.4 is 0 Å². The number of hydrogen-bond acceptors (Lipinski definition) is 3. The average Bonchev–Trinajstić information content (AvgIpc) is 2.67. The van der Waals surface area contributed by atoms with Gasteiger partial charge in [0.2, 0.25) is 15.9 Å². The summed E-state index contributed by atoms with van der Waals surface area (Å²) in [6.07, 6.45) is -3.22. The Balaban J connectivity index is 1.60. The second-order valence-corrected chi connectivity index (χ2v) is 9.09. The molecule has 0 unspecified atom stereocenters. The molecule has 9 heteroatoms. The molecule has 1 aromatic rings. The minimum atomic E-state index is -4.29. The molecule has 1 atom stereocenters. The van der Waals surface area contributed by atoms with E-state index in [2.05, 4.69) is 0 Å². The molecule has 150 valence electrons. The molecule has 0 bridgehead atoms. The molecule has 2 heterocycles. The Bertz CT molecular complexity index is 760. The Kier molecular flexibility index (Phi) is 5.81. The van der Waals surface area contributed by atoms with Crippen LogP contribution in [0.5, 0.6) is 0 Å². The number of halogens is 3. The fourth-order valence-electron chi connectivity index (χ4n) is 3.79. The van der Waals surface area contributed by atoms with E-state index in [0.717, 1.165) is 0 Å². The van der Waals surface area contributed by atoms with Crippen LogP contribution in [0.2, 0.25) is 0 Å². The molecule has 0 aromatic heterocycles. The smallest absolute Gasteiger partial charge is 0.342 e. The first-order valence-electron chi connectivity index (χ1n) is 9.10. The van der Waals surface area contributed by atoms with E-state index in [0.29, 0.717) is 25.8 Å². The number of rotatable bonds is 3.